The Labute approximate surface area is 128 Å². The Morgan fingerprint density at radius 1 is 0.909 bits per heavy atom. The molecule has 5 heteroatoms. The maximum Gasteiger partial charge on any atom is 0.125 e. The standard InChI is InChI=1S/C17H19F2N3/c18-14-3-1-2-13(10-14)12-21-6-8-22(9-7-21)17-5-4-15(19)11-16(17)20/h1-5,10-11H,6-9,12,20H2. The molecule has 1 aliphatic heterocycles. The second-order valence-electron chi connectivity index (χ2n) is 5.60. The van der Waals surface area contributed by atoms with Gasteiger partial charge in [-0.25, -0.2) is 8.78 Å². The van der Waals surface area contributed by atoms with E-state index in [4.69, 9.17) is 5.73 Å². The predicted octanol–water partition coefficient (Wildman–Crippen LogP) is 2.87. The van der Waals surface area contributed by atoms with E-state index in [0.29, 0.717) is 5.69 Å². The van der Waals surface area contributed by atoms with Crippen LogP contribution in [0.4, 0.5) is 20.2 Å². The summed E-state index contributed by atoms with van der Waals surface area (Å²) in [6.07, 6.45) is 0. The molecule has 2 aromatic carbocycles. The highest BCUT2D eigenvalue weighted by atomic mass is 19.1. The van der Waals surface area contributed by atoms with Crippen LogP contribution >= 0.6 is 0 Å². The van der Waals surface area contributed by atoms with Crippen molar-refractivity contribution >= 4 is 11.4 Å². The first-order chi connectivity index (χ1) is 10.6. The van der Waals surface area contributed by atoms with E-state index in [1.807, 2.05) is 6.07 Å². The molecular weight excluding hydrogens is 284 g/mol. The Balaban J connectivity index is 1.60. The van der Waals surface area contributed by atoms with Gasteiger partial charge in [0.05, 0.1) is 11.4 Å². The summed E-state index contributed by atoms with van der Waals surface area (Å²) in [5.74, 6) is -0.513. The van der Waals surface area contributed by atoms with Crippen molar-refractivity contribution in [3.05, 3.63) is 59.7 Å². The number of nitrogen functional groups attached to an aromatic ring is 1. The van der Waals surface area contributed by atoms with Gasteiger partial charge in [0.1, 0.15) is 11.6 Å². The quantitative estimate of drug-likeness (QED) is 0.885. The molecule has 3 rings (SSSR count). The number of nitrogens with zero attached hydrogens (tertiary/aromatic N) is 2. The number of benzene rings is 2. The Morgan fingerprint density at radius 3 is 2.32 bits per heavy atom. The molecule has 1 aliphatic rings. The number of halogens is 2. The van der Waals surface area contributed by atoms with E-state index in [1.54, 1.807) is 18.2 Å². The largest absolute Gasteiger partial charge is 0.397 e. The van der Waals surface area contributed by atoms with Gasteiger partial charge in [-0.15, -0.1) is 0 Å². The summed E-state index contributed by atoms with van der Waals surface area (Å²) in [4.78, 5) is 4.45. The van der Waals surface area contributed by atoms with Gasteiger partial charge in [-0.05, 0) is 35.9 Å². The Hall–Kier alpha value is -2.14. The minimum Gasteiger partial charge on any atom is -0.397 e. The third kappa shape index (κ3) is 3.36. The molecule has 0 spiro atoms. The molecule has 2 aromatic rings. The predicted molar refractivity (Wildman–Crippen MR) is 84.7 cm³/mol. The van der Waals surface area contributed by atoms with E-state index < -0.39 is 0 Å². The SMILES string of the molecule is Nc1cc(F)ccc1N1CCN(Cc2cccc(F)c2)CC1. The summed E-state index contributed by atoms with van der Waals surface area (Å²) in [6, 6.07) is 11.2. The highest BCUT2D eigenvalue weighted by molar-refractivity contribution is 5.67. The van der Waals surface area contributed by atoms with Crippen LogP contribution in [0.1, 0.15) is 5.56 Å². The molecule has 1 fully saturated rings. The molecule has 0 saturated carbocycles. The zero-order chi connectivity index (χ0) is 15.5. The van der Waals surface area contributed by atoms with E-state index in [0.717, 1.165) is 44.0 Å². The van der Waals surface area contributed by atoms with Gasteiger partial charge >= 0.3 is 0 Å². The maximum atomic E-state index is 13.2. The van der Waals surface area contributed by atoms with Crippen LogP contribution in [-0.2, 0) is 6.54 Å². The minimum atomic E-state index is -0.314. The van der Waals surface area contributed by atoms with Crippen LogP contribution < -0.4 is 10.6 Å². The summed E-state index contributed by atoms with van der Waals surface area (Å²) in [7, 11) is 0. The molecule has 2 N–H and O–H groups in total. The van der Waals surface area contributed by atoms with Crippen molar-refractivity contribution in [2.75, 3.05) is 36.8 Å². The highest BCUT2D eigenvalue weighted by Gasteiger charge is 2.19. The van der Waals surface area contributed by atoms with Gasteiger partial charge in [-0.2, -0.15) is 0 Å². The van der Waals surface area contributed by atoms with Gasteiger partial charge in [0.25, 0.3) is 0 Å². The van der Waals surface area contributed by atoms with Crippen molar-refractivity contribution in [1.29, 1.82) is 0 Å². The number of anilines is 2. The smallest absolute Gasteiger partial charge is 0.125 e. The van der Waals surface area contributed by atoms with Crippen LogP contribution in [0.3, 0.4) is 0 Å². The third-order valence-electron chi connectivity index (χ3n) is 4.00. The first-order valence-corrected chi connectivity index (χ1v) is 7.38. The van der Waals surface area contributed by atoms with Crippen molar-refractivity contribution < 1.29 is 8.78 Å². The summed E-state index contributed by atoms with van der Waals surface area (Å²) < 4.78 is 26.3. The Morgan fingerprint density at radius 2 is 1.64 bits per heavy atom. The van der Waals surface area contributed by atoms with E-state index >= 15 is 0 Å². The lowest BCUT2D eigenvalue weighted by atomic mass is 10.1. The zero-order valence-corrected chi connectivity index (χ0v) is 12.3. The zero-order valence-electron chi connectivity index (χ0n) is 12.3. The molecule has 0 aliphatic carbocycles. The van der Waals surface area contributed by atoms with Crippen molar-refractivity contribution in [2.24, 2.45) is 0 Å². The number of hydrogen-bond acceptors (Lipinski definition) is 3. The average molecular weight is 303 g/mol. The molecule has 22 heavy (non-hydrogen) atoms. The van der Waals surface area contributed by atoms with E-state index in [2.05, 4.69) is 9.80 Å². The molecule has 0 radical (unpaired) electrons. The molecule has 0 atom stereocenters. The first kappa shape index (κ1) is 14.8. The van der Waals surface area contributed by atoms with Gasteiger partial charge in [0, 0.05) is 32.7 Å². The van der Waals surface area contributed by atoms with Gasteiger partial charge in [-0.1, -0.05) is 12.1 Å². The van der Waals surface area contributed by atoms with Crippen LogP contribution in [0.25, 0.3) is 0 Å². The van der Waals surface area contributed by atoms with Crippen LogP contribution in [0.5, 0.6) is 0 Å². The molecular formula is C17H19F2N3. The molecule has 3 nitrogen and oxygen atoms in total. The third-order valence-corrected chi connectivity index (χ3v) is 4.00. The molecule has 0 unspecified atom stereocenters. The molecule has 0 bridgehead atoms. The number of hydrogen-bond donors (Lipinski definition) is 1. The lowest BCUT2D eigenvalue weighted by molar-refractivity contribution is 0.249. The second kappa shape index (κ2) is 6.32. The number of piperazine rings is 1. The fraction of sp³-hybridized carbons (Fsp3) is 0.294. The Bertz CT molecular complexity index is 652. The normalized spacial score (nSPS) is 16.0. The van der Waals surface area contributed by atoms with Crippen LogP contribution in [0.15, 0.2) is 42.5 Å². The molecule has 0 aromatic heterocycles. The molecule has 0 amide bonds. The second-order valence-corrected chi connectivity index (χ2v) is 5.60. The average Bonchev–Trinajstić information content (AvgIpc) is 2.48. The molecule has 1 heterocycles. The van der Waals surface area contributed by atoms with Crippen LogP contribution in [0.2, 0.25) is 0 Å². The van der Waals surface area contributed by atoms with Gasteiger partial charge in [0.2, 0.25) is 0 Å². The van der Waals surface area contributed by atoms with Gasteiger partial charge < -0.3 is 10.6 Å². The number of nitrogens with two attached hydrogens (primary N) is 1. The fourth-order valence-electron chi connectivity index (χ4n) is 2.85. The van der Waals surface area contributed by atoms with E-state index in [-0.39, 0.29) is 11.6 Å². The van der Waals surface area contributed by atoms with Crippen molar-refractivity contribution in [2.45, 2.75) is 6.54 Å². The summed E-state index contributed by atoms with van der Waals surface area (Å²) in [6.45, 7) is 4.13. The van der Waals surface area contributed by atoms with Gasteiger partial charge in [-0.3, -0.25) is 4.90 Å². The lowest BCUT2D eigenvalue weighted by Gasteiger charge is -2.36. The number of rotatable bonds is 3. The fourth-order valence-corrected chi connectivity index (χ4v) is 2.85. The monoisotopic (exact) mass is 303 g/mol. The Kier molecular flexibility index (Phi) is 4.24. The van der Waals surface area contributed by atoms with Crippen molar-refractivity contribution in [3.63, 3.8) is 0 Å². The first-order valence-electron chi connectivity index (χ1n) is 7.38. The van der Waals surface area contributed by atoms with E-state index in [9.17, 15) is 8.78 Å². The molecule has 116 valence electrons. The summed E-state index contributed by atoms with van der Waals surface area (Å²) >= 11 is 0. The van der Waals surface area contributed by atoms with Gasteiger partial charge in [0.15, 0.2) is 0 Å². The lowest BCUT2D eigenvalue weighted by Crippen LogP contribution is -2.46. The maximum absolute atomic E-state index is 13.2. The minimum absolute atomic E-state index is 0.199. The summed E-state index contributed by atoms with van der Waals surface area (Å²) in [5.41, 5.74) is 8.22. The van der Waals surface area contributed by atoms with Crippen molar-refractivity contribution in [1.82, 2.24) is 4.90 Å². The molecule has 1 saturated heterocycles. The van der Waals surface area contributed by atoms with E-state index in [1.165, 1.54) is 18.2 Å². The van der Waals surface area contributed by atoms with Crippen molar-refractivity contribution in [3.8, 4) is 0 Å². The highest BCUT2D eigenvalue weighted by Crippen LogP contribution is 2.25. The summed E-state index contributed by atoms with van der Waals surface area (Å²) in [5, 5.41) is 0. The van der Waals surface area contributed by atoms with Crippen LogP contribution in [0, 0.1) is 11.6 Å². The van der Waals surface area contributed by atoms with Crippen LogP contribution in [-0.4, -0.2) is 31.1 Å². The topological polar surface area (TPSA) is 32.5 Å².